The van der Waals surface area contributed by atoms with Crippen molar-refractivity contribution in [3.63, 3.8) is 0 Å². The first-order valence-corrected chi connectivity index (χ1v) is 7.13. The lowest BCUT2D eigenvalue weighted by Gasteiger charge is -2.21. The van der Waals surface area contributed by atoms with Crippen molar-refractivity contribution in [1.29, 1.82) is 0 Å². The Kier molecular flexibility index (Phi) is 4.19. The molecule has 78 valence electrons. The molecule has 0 saturated carbocycles. The van der Waals surface area contributed by atoms with Crippen LogP contribution in [-0.4, -0.2) is 17.5 Å². The van der Waals surface area contributed by atoms with Gasteiger partial charge in [-0.15, -0.1) is 0 Å². The van der Waals surface area contributed by atoms with E-state index in [1.165, 1.54) is 24.3 Å². The van der Waals surface area contributed by atoms with Gasteiger partial charge in [0.15, 0.2) is 3.77 Å². The first kappa shape index (κ1) is 10.8. The van der Waals surface area contributed by atoms with Crippen molar-refractivity contribution in [2.24, 2.45) is 0 Å². The number of hydrogen-bond donors (Lipinski definition) is 1. The minimum absolute atomic E-state index is 0.677. The topological polar surface area (TPSA) is 25.2 Å². The average Bonchev–Trinajstić information content (AvgIpc) is 2.63. The van der Waals surface area contributed by atoms with E-state index in [-0.39, 0.29) is 0 Å². The fourth-order valence-electron chi connectivity index (χ4n) is 1.59. The highest BCUT2D eigenvalue weighted by atomic mass is 127. The first-order valence-electron chi connectivity index (χ1n) is 4.90. The van der Waals surface area contributed by atoms with Crippen LogP contribution in [-0.2, 0) is 6.54 Å². The molecular formula is C10H14INOS. The van der Waals surface area contributed by atoms with Gasteiger partial charge in [-0.25, -0.2) is 0 Å². The van der Waals surface area contributed by atoms with Crippen LogP contribution in [0, 0.1) is 3.77 Å². The molecule has 0 aromatic carbocycles. The Balaban J connectivity index is 1.76. The van der Waals surface area contributed by atoms with Gasteiger partial charge in [-0.3, -0.25) is 0 Å². The zero-order valence-corrected chi connectivity index (χ0v) is 10.9. The van der Waals surface area contributed by atoms with Crippen molar-refractivity contribution in [2.75, 3.05) is 11.5 Å². The number of nitrogens with one attached hydrogen (secondary N) is 1. The molecule has 1 aromatic heterocycles. The molecule has 0 bridgehead atoms. The summed E-state index contributed by atoms with van der Waals surface area (Å²) in [6.07, 6.45) is 2.66. The molecule has 1 saturated heterocycles. The molecule has 1 aromatic rings. The van der Waals surface area contributed by atoms with Gasteiger partial charge in [0.1, 0.15) is 5.76 Å². The minimum Gasteiger partial charge on any atom is -0.454 e. The number of thioether (sulfide) groups is 1. The Morgan fingerprint density at radius 2 is 2.50 bits per heavy atom. The maximum atomic E-state index is 5.49. The average molecular weight is 323 g/mol. The van der Waals surface area contributed by atoms with Crippen LogP contribution >= 0.6 is 34.4 Å². The Morgan fingerprint density at radius 3 is 3.14 bits per heavy atom. The second-order valence-electron chi connectivity index (χ2n) is 3.50. The molecule has 0 spiro atoms. The third-order valence-electron chi connectivity index (χ3n) is 2.35. The normalized spacial score (nSPS) is 22.5. The van der Waals surface area contributed by atoms with Crippen molar-refractivity contribution in [2.45, 2.75) is 25.4 Å². The molecule has 1 atom stereocenters. The highest BCUT2D eigenvalue weighted by Gasteiger charge is 2.13. The predicted molar refractivity (Wildman–Crippen MR) is 68.6 cm³/mol. The Morgan fingerprint density at radius 1 is 1.57 bits per heavy atom. The van der Waals surface area contributed by atoms with Gasteiger partial charge in [0, 0.05) is 11.8 Å². The lowest BCUT2D eigenvalue weighted by Crippen LogP contribution is -2.33. The largest absolute Gasteiger partial charge is 0.454 e. The second-order valence-corrected chi connectivity index (χ2v) is 5.71. The van der Waals surface area contributed by atoms with Crippen LogP contribution in [0.15, 0.2) is 16.5 Å². The summed E-state index contributed by atoms with van der Waals surface area (Å²) < 4.78 is 6.46. The molecule has 1 unspecified atom stereocenters. The molecule has 14 heavy (non-hydrogen) atoms. The molecule has 0 aliphatic carbocycles. The maximum Gasteiger partial charge on any atom is 0.164 e. The quantitative estimate of drug-likeness (QED) is 0.866. The lowest BCUT2D eigenvalue weighted by atomic mass is 10.2. The Labute approximate surface area is 102 Å². The van der Waals surface area contributed by atoms with E-state index in [1.807, 2.05) is 23.9 Å². The number of rotatable bonds is 3. The summed E-state index contributed by atoms with van der Waals surface area (Å²) >= 11 is 4.25. The summed E-state index contributed by atoms with van der Waals surface area (Å²) in [5.41, 5.74) is 0. The van der Waals surface area contributed by atoms with E-state index in [4.69, 9.17) is 4.42 Å². The molecule has 1 aliphatic heterocycles. The molecule has 1 fully saturated rings. The first-order chi connectivity index (χ1) is 6.84. The van der Waals surface area contributed by atoms with Gasteiger partial charge in [-0.1, -0.05) is 0 Å². The summed E-state index contributed by atoms with van der Waals surface area (Å²) in [5, 5.41) is 3.53. The van der Waals surface area contributed by atoms with Crippen LogP contribution in [0.1, 0.15) is 18.6 Å². The van der Waals surface area contributed by atoms with E-state index in [2.05, 4.69) is 27.9 Å². The smallest absolute Gasteiger partial charge is 0.164 e. The van der Waals surface area contributed by atoms with E-state index in [0.29, 0.717) is 6.04 Å². The second kappa shape index (κ2) is 5.42. The van der Waals surface area contributed by atoms with Gasteiger partial charge in [0.05, 0.1) is 6.54 Å². The van der Waals surface area contributed by atoms with E-state index in [1.54, 1.807) is 0 Å². The van der Waals surface area contributed by atoms with Crippen molar-refractivity contribution in [3.8, 4) is 0 Å². The van der Waals surface area contributed by atoms with Gasteiger partial charge in [0.25, 0.3) is 0 Å². The molecule has 0 amide bonds. The molecule has 2 rings (SSSR count). The van der Waals surface area contributed by atoms with Gasteiger partial charge in [-0.2, -0.15) is 11.8 Å². The number of furan rings is 1. The van der Waals surface area contributed by atoms with Crippen LogP contribution in [0.25, 0.3) is 0 Å². The fourth-order valence-corrected chi connectivity index (χ4v) is 3.16. The van der Waals surface area contributed by atoms with E-state index >= 15 is 0 Å². The third-order valence-corrected chi connectivity index (χ3v) is 4.15. The van der Waals surface area contributed by atoms with Crippen LogP contribution in [0.2, 0.25) is 0 Å². The van der Waals surface area contributed by atoms with Gasteiger partial charge in [0.2, 0.25) is 0 Å². The summed E-state index contributed by atoms with van der Waals surface area (Å²) in [6, 6.07) is 4.73. The predicted octanol–water partition coefficient (Wildman–Crippen LogP) is 2.87. The van der Waals surface area contributed by atoms with Crippen LogP contribution in [0.4, 0.5) is 0 Å². The summed E-state index contributed by atoms with van der Waals surface area (Å²) in [7, 11) is 0. The SMILES string of the molecule is Ic1ccc(CNC2CCCSC2)o1. The lowest BCUT2D eigenvalue weighted by molar-refractivity contribution is 0.430. The highest BCUT2D eigenvalue weighted by Crippen LogP contribution is 2.17. The number of hydrogen-bond acceptors (Lipinski definition) is 3. The molecular weight excluding hydrogens is 309 g/mol. The van der Waals surface area contributed by atoms with E-state index < -0.39 is 0 Å². The highest BCUT2D eigenvalue weighted by molar-refractivity contribution is 14.1. The van der Waals surface area contributed by atoms with Crippen LogP contribution in [0.5, 0.6) is 0 Å². The molecule has 1 N–H and O–H groups in total. The zero-order valence-electron chi connectivity index (χ0n) is 7.96. The van der Waals surface area contributed by atoms with E-state index in [0.717, 1.165) is 16.1 Å². The van der Waals surface area contributed by atoms with E-state index in [9.17, 15) is 0 Å². The van der Waals surface area contributed by atoms with Gasteiger partial charge in [-0.05, 0) is 53.3 Å². The fraction of sp³-hybridized carbons (Fsp3) is 0.600. The third kappa shape index (κ3) is 3.17. The Bertz CT molecular complexity index is 283. The van der Waals surface area contributed by atoms with Crippen molar-refractivity contribution >= 4 is 34.4 Å². The molecule has 1 aliphatic rings. The summed E-state index contributed by atoms with van der Waals surface area (Å²) in [6.45, 7) is 0.869. The summed E-state index contributed by atoms with van der Waals surface area (Å²) in [4.78, 5) is 0. The van der Waals surface area contributed by atoms with Crippen LogP contribution < -0.4 is 5.32 Å². The monoisotopic (exact) mass is 323 g/mol. The van der Waals surface area contributed by atoms with Crippen molar-refractivity contribution < 1.29 is 4.42 Å². The Hall–Kier alpha value is 0.320. The molecule has 0 radical (unpaired) electrons. The standard InChI is InChI=1S/C10H14INOS/c11-10-4-3-9(13-10)6-12-8-2-1-5-14-7-8/h3-4,8,12H,1-2,5-7H2. The van der Waals surface area contributed by atoms with Crippen molar-refractivity contribution in [1.82, 2.24) is 5.32 Å². The zero-order chi connectivity index (χ0) is 9.80. The van der Waals surface area contributed by atoms with Gasteiger partial charge < -0.3 is 9.73 Å². The summed E-state index contributed by atoms with van der Waals surface area (Å²) in [5.74, 6) is 3.62. The molecule has 2 heterocycles. The van der Waals surface area contributed by atoms with Crippen molar-refractivity contribution in [3.05, 3.63) is 21.7 Å². The molecule has 2 nitrogen and oxygen atoms in total. The van der Waals surface area contributed by atoms with Gasteiger partial charge >= 0.3 is 0 Å². The van der Waals surface area contributed by atoms with Crippen LogP contribution in [0.3, 0.4) is 0 Å². The number of halogens is 1. The minimum atomic E-state index is 0.677. The maximum absolute atomic E-state index is 5.49. The molecule has 4 heteroatoms.